The van der Waals surface area contributed by atoms with Crippen molar-refractivity contribution in [1.29, 1.82) is 0 Å². The van der Waals surface area contributed by atoms with Crippen molar-refractivity contribution in [3.63, 3.8) is 0 Å². The second-order valence-electron chi connectivity index (χ2n) is 6.26. The first-order valence-electron chi connectivity index (χ1n) is 8.33. The Balaban J connectivity index is 0.000000196. The van der Waals surface area contributed by atoms with Crippen LogP contribution in [-0.4, -0.2) is 16.7 Å². The molecule has 0 bridgehead atoms. The molecule has 0 spiro atoms. The average Bonchev–Trinajstić information content (AvgIpc) is 3.11. The van der Waals surface area contributed by atoms with E-state index in [1.165, 1.54) is 32.5 Å². The van der Waals surface area contributed by atoms with Gasteiger partial charge in [-0.15, -0.1) is 10.2 Å². The highest BCUT2D eigenvalue weighted by molar-refractivity contribution is 9.10. The van der Waals surface area contributed by atoms with E-state index in [0.29, 0.717) is 5.92 Å². The summed E-state index contributed by atoms with van der Waals surface area (Å²) in [5.74, 6) is 0.656. The number of halogens is 1. The molecule has 0 fully saturated rings. The predicted molar refractivity (Wildman–Crippen MR) is 111 cm³/mol. The summed E-state index contributed by atoms with van der Waals surface area (Å²) < 4.78 is 1.19. The minimum atomic E-state index is 0.656. The molecule has 0 aliphatic heterocycles. The topological polar surface area (TPSA) is 37.8 Å². The van der Waals surface area contributed by atoms with E-state index in [9.17, 15) is 0 Å². The van der Waals surface area contributed by atoms with Gasteiger partial charge in [-0.2, -0.15) is 0 Å². The molecule has 0 saturated carbocycles. The molecule has 0 unspecified atom stereocenters. The van der Waals surface area contributed by atoms with Crippen LogP contribution in [0.1, 0.15) is 30.5 Å². The zero-order valence-electron chi connectivity index (χ0n) is 14.9. The summed E-state index contributed by atoms with van der Waals surface area (Å²) in [7, 11) is 0. The lowest BCUT2D eigenvalue weighted by atomic mass is 10.0. The van der Waals surface area contributed by atoms with Gasteiger partial charge in [0.1, 0.15) is 5.51 Å². The summed E-state index contributed by atoms with van der Waals surface area (Å²) in [5, 5.41) is 11.6. The number of nitrogens with zero attached hydrogens (tertiary/aromatic N) is 2. The van der Waals surface area contributed by atoms with E-state index in [1.54, 1.807) is 5.51 Å². The second kappa shape index (κ2) is 10.3. The molecular weight excluding hydrogens is 394 g/mol. The third-order valence-corrected chi connectivity index (χ3v) is 5.01. The molecule has 0 amide bonds. The summed E-state index contributed by atoms with van der Waals surface area (Å²) >= 11 is 5.09. The van der Waals surface area contributed by atoms with E-state index in [0.717, 1.165) is 18.1 Å². The Kier molecular flexibility index (Phi) is 8.09. The third-order valence-electron chi connectivity index (χ3n) is 3.51. The number of nitrogens with one attached hydrogen (secondary N) is 1. The maximum Gasteiger partial charge on any atom is 0.205 e. The highest BCUT2D eigenvalue weighted by Gasteiger charge is 1.99. The molecule has 0 aliphatic rings. The maximum absolute atomic E-state index is 3.85. The molecule has 0 radical (unpaired) electrons. The lowest BCUT2D eigenvalue weighted by molar-refractivity contribution is 0.687. The zero-order chi connectivity index (χ0) is 18.1. The van der Waals surface area contributed by atoms with Gasteiger partial charge in [0.25, 0.3) is 0 Å². The molecule has 132 valence electrons. The van der Waals surface area contributed by atoms with Crippen LogP contribution in [0.4, 0.5) is 5.13 Å². The van der Waals surface area contributed by atoms with Crippen LogP contribution in [0.2, 0.25) is 0 Å². The van der Waals surface area contributed by atoms with Crippen molar-refractivity contribution in [3.8, 4) is 0 Å². The lowest BCUT2D eigenvalue weighted by Crippen LogP contribution is -2.07. The van der Waals surface area contributed by atoms with E-state index in [-0.39, 0.29) is 0 Å². The lowest BCUT2D eigenvalue weighted by Gasteiger charge is -2.04. The van der Waals surface area contributed by atoms with Crippen molar-refractivity contribution >= 4 is 32.4 Å². The number of benzene rings is 2. The Morgan fingerprint density at radius 3 is 2.44 bits per heavy atom. The Bertz CT molecular complexity index is 743. The van der Waals surface area contributed by atoms with Gasteiger partial charge in [0.15, 0.2) is 0 Å². The minimum Gasteiger partial charge on any atom is -0.360 e. The van der Waals surface area contributed by atoms with Gasteiger partial charge in [-0.05, 0) is 42.0 Å². The number of anilines is 1. The molecule has 0 atom stereocenters. The fourth-order valence-electron chi connectivity index (χ4n) is 2.12. The van der Waals surface area contributed by atoms with Crippen LogP contribution in [-0.2, 0) is 6.42 Å². The molecule has 5 heteroatoms. The Morgan fingerprint density at radius 2 is 1.84 bits per heavy atom. The van der Waals surface area contributed by atoms with E-state index in [2.05, 4.69) is 101 Å². The van der Waals surface area contributed by atoms with Crippen LogP contribution in [0.15, 0.2) is 58.5 Å². The van der Waals surface area contributed by atoms with Crippen LogP contribution in [0, 0.1) is 12.8 Å². The van der Waals surface area contributed by atoms with Gasteiger partial charge < -0.3 is 5.32 Å². The first-order chi connectivity index (χ1) is 12.0. The van der Waals surface area contributed by atoms with Crippen LogP contribution in [0.25, 0.3) is 0 Å². The number of aryl methyl sites for hydroxylation is 1. The van der Waals surface area contributed by atoms with Crippen LogP contribution >= 0.6 is 27.3 Å². The van der Waals surface area contributed by atoms with Gasteiger partial charge >= 0.3 is 0 Å². The largest absolute Gasteiger partial charge is 0.360 e. The van der Waals surface area contributed by atoms with Gasteiger partial charge in [-0.25, -0.2) is 0 Å². The Morgan fingerprint density at radius 1 is 1.08 bits per heavy atom. The molecule has 25 heavy (non-hydrogen) atoms. The molecule has 0 aliphatic carbocycles. The van der Waals surface area contributed by atoms with Gasteiger partial charge in [-0.3, -0.25) is 0 Å². The monoisotopic (exact) mass is 417 g/mol. The summed E-state index contributed by atoms with van der Waals surface area (Å²) in [6.07, 6.45) is 1.000. The van der Waals surface area contributed by atoms with Crippen LogP contribution in [0.5, 0.6) is 0 Å². The number of rotatable bonds is 5. The van der Waals surface area contributed by atoms with Crippen molar-refractivity contribution in [2.75, 3.05) is 11.9 Å². The summed E-state index contributed by atoms with van der Waals surface area (Å²) in [6, 6.07) is 17.1. The smallest absolute Gasteiger partial charge is 0.205 e. The fraction of sp³-hybridized carbons (Fsp3) is 0.300. The number of hydrogen-bond acceptors (Lipinski definition) is 4. The first-order valence-corrected chi connectivity index (χ1v) is 10.0. The molecule has 3 rings (SSSR count). The zero-order valence-corrected chi connectivity index (χ0v) is 17.3. The third kappa shape index (κ3) is 7.36. The quantitative estimate of drug-likeness (QED) is 0.556. The molecule has 3 nitrogen and oxygen atoms in total. The van der Waals surface area contributed by atoms with Crippen molar-refractivity contribution in [1.82, 2.24) is 10.2 Å². The summed E-state index contributed by atoms with van der Waals surface area (Å²) in [5.41, 5.74) is 5.71. The van der Waals surface area contributed by atoms with E-state index in [1.807, 2.05) is 0 Å². The molecule has 3 aromatic rings. The van der Waals surface area contributed by atoms with Crippen molar-refractivity contribution in [3.05, 3.63) is 75.2 Å². The van der Waals surface area contributed by atoms with Gasteiger partial charge in [0.05, 0.1) is 0 Å². The normalized spacial score (nSPS) is 10.3. The van der Waals surface area contributed by atoms with Gasteiger partial charge in [0.2, 0.25) is 5.13 Å². The fourth-order valence-corrected chi connectivity index (χ4v) is 3.00. The standard InChI is InChI=1S/C14H13Br.C6H11N3S/c1-11-7-8-13(10-14(11)15)9-12-5-3-2-4-6-12;1-5(2)3-7-6-9-8-4-10-6/h2-8,10H,9H2,1H3;4-5H,3H2,1-2H3,(H,7,9). The Labute approximate surface area is 162 Å². The van der Waals surface area contributed by atoms with Gasteiger partial charge in [-0.1, -0.05) is 83.6 Å². The number of aromatic nitrogens is 2. The average molecular weight is 418 g/mol. The van der Waals surface area contributed by atoms with Crippen LogP contribution in [0.3, 0.4) is 0 Å². The summed E-state index contributed by atoms with van der Waals surface area (Å²) in [6.45, 7) is 7.40. The minimum absolute atomic E-state index is 0.656. The molecule has 2 aromatic carbocycles. The molecule has 1 aromatic heterocycles. The molecule has 1 N–H and O–H groups in total. The van der Waals surface area contributed by atoms with E-state index in [4.69, 9.17) is 0 Å². The van der Waals surface area contributed by atoms with E-state index >= 15 is 0 Å². The highest BCUT2D eigenvalue weighted by atomic mass is 79.9. The highest BCUT2D eigenvalue weighted by Crippen LogP contribution is 2.19. The molecule has 0 saturated heterocycles. The predicted octanol–water partition coefficient (Wildman–Crippen LogP) is 5.95. The number of hydrogen-bond donors (Lipinski definition) is 1. The van der Waals surface area contributed by atoms with E-state index < -0.39 is 0 Å². The van der Waals surface area contributed by atoms with Gasteiger partial charge in [0, 0.05) is 11.0 Å². The van der Waals surface area contributed by atoms with Crippen molar-refractivity contribution in [2.24, 2.45) is 5.92 Å². The Hall–Kier alpha value is -1.72. The molecule has 1 heterocycles. The molecular formula is C20H24BrN3S. The van der Waals surface area contributed by atoms with Crippen molar-refractivity contribution < 1.29 is 0 Å². The van der Waals surface area contributed by atoms with Crippen molar-refractivity contribution in [2.45, 2.75) is 27.2 Å². The van der Waals surface area contributed by atoms with Crippen LogP contribution < -0.4 is 5.32 Å². The first kappa shape index (κ1) is 19.6. The SMILES string of the molecule is CC(C)CNc1nncs1.Cc1ccc(Cc2ccccc2)cc1Br. The second-order valence-corrected chi connectivity index (χ2v) is 7.95. The maximum atomic E-state index is 3.85. The summed E-state index contributed by atoms with van der Waals surface area (Å²) in [4.78, 5) is 0.